The number of aryl methyl sites for hydroxylation is 1. The molecule has 0 aliphatic heterocycles. The van der Waals surface area contributed by atoms with Crippen molar-refractivity contribution < 1.29 is 14.7 Å². The fourth-order valence-corrected chi connectivity index (χ4v) is 2.45. The Hall–Kier alpha value is -1.91. The number of aliphatic carboxylic acids is 1. The van der Waals surface area contributed by atoms with Crippen LogP contribution in [0.3, 0.4) is 0 Å². The van der Waals surface area contributed by atoms with E-state index in [4.69, 9.17) is 5.11 Å². The second-order valence-electron chi connectivity index (χ2n) is 5.01. The van der Waals surface area contributed by atoms with Crippen LogP contribution in [0.1, 0.15) is 31.4 Å². The van der Waals surface area contributed by atoms with Crippen molar-refractivity contribution in [3.8, 4) is 0 Å². The van der Waals surface area contributed by atoms with Crippen molar-refractivity contribution in [1.29, 1.82) is 0 Å². The van der Waals surface area contributed by atoms with E-state index < -0.39 is 5.97 Å². The van der Waals surface area contributed by atoms with Gasteiger partial charge in [0.1, 0.15) is 0 Å². The van der Waals surface area contributed by atoms with Crippen molar-refractivity contribution in [3.05, 3.63) is 24.0 Å². The van der Waals surface area contributed by atoms with Gasteiger partial charge in [-0.2, -0.15) is 0 Å². The summed E-state index contributed by atoms with van der Waals surface area (Å²) in [6.07, 6.45) is 4.13. The normalized spacial score (nSPS) is 22.8. The highest BCUT2D eigenvalue weighted by Crippen LogP contribution is 2.29. The number of nitrogens with zero attached hydrogens (tertiary/aromatic N) is 1. The number of pyridine rings is 1. The van der Waals surface area contributed by atoms with E-state index in [9.17, 15) is 9.59 Å². The Balaban J connectivity index is 1.92. The number of carbonyl (C=O) groups is 2. The molecule has 0 bridgehead atoms. The molecular weight excluding hydrogens is 244 g/mol. The lowest BCUT2D eigenvalue weighted by atomic mass is 9.81. The Labute approximate surface area is 112 Å². The van der Waals surface area contributed by atoms with Crippen molar-refractivity contribution in [2.75, 3.05) is 5.32 Å². The molecule has 19 heavy (non-hydrogen) atoms. The largest absolute Gasteiger partial charge is 0.481 e. The first-order valence-electron chi connectivity index (χ1n) is 6.53. The number of hydrogen-bond acceptors (Lipinski definition) is 3. The summed E-state index contributed by atoms with van der Waals surface area (Å²) >= 11 is 0. The van der Waals surface area contributed by atoms with Crippen LogP contribution in [0.15, 0.2) is 18.3 Å². The molecule has 0 spiro atoms. The highest BCUT2D eigenvalue weighted by molar-refractivity contribution is 5.93. The Morgan fingerprint density at radius 3 is 2.47 bits per heavy atom. The molecule has 2 rings (SSSR count). The zero-order chi connectivity index (χ0) is 13.8. The zero-order valence-electron chi connectivity index (χ0n) is 10.9. The molecule has 1 amide bonds. The van der Waals surface area contributed by atoms with Gasteiger partial charge in [-0.05, 0) is 44.7 Å². The SMILES string of the molecule is Cc1ncccc1NC(=O)C1CCC(C(=O)O)CC1. The minimum atomic E-state index is -0.748. The summed E-state index contributed by atoms with van der Waals surface area (Å²) < 4.78 is 0. The predicted octanol–water partition coefficient (Wildman–Crippen LogP) is 2.22. The third-order valence-electron chi connectivity index (χ3n) is 3.71. The topological polar surface area (TPSA) is 79.3 Å². The Kier molecular flexibility index (Phi) is 4.14. The van der Waals surface area contributed by atoms with Gasteiger partial charge in [0.25, 0.3) is 0 Å². The maximum absolute atomic E-state index is 12.1. The van der Waals surface area contributed by atoms with Crippen LogP contribution in [0.25, 0.3) is 0 Å². The number of amides is 1. The standard InChI is InChI=1S/C14H18N2O3/c1-9-12(3-2-8-15-9)16-13(17)10-4-6-11(7-5-10)14(18)19/h2-3,8,10-11H,4-7H2,1H3,(H,16,17)(H,18,19). The van der Waals surface area contributed by atoms with Crippen LogP contribution in [-0.2, 0) is 9.59 Å². The fraction of sp³-hybridized carbons (Fsp3) is 0.500. The molecule has 0 aromatic carbocycles. The number of carboxylic acids is 1. The molecule has 0 unspecified atom stereocenters. The molecule has 0 atom stereocenters. The second kappa shape index (κ2) is 5.82. The summed E-state index contributed by atoms with van der Waals surface area (Å²) in [5, 5.41) is 11.8. The molecule has 0 saturated heterocycles. The molecule has 1 heterocycles. The van der Waals surface area contributed by atoms with Crippen LogP contribution in [0.5, 0.6) is 0 Å². The Morgan fingerprint density at radius 1 is 1.26 bits per heavy atom. The zero-order valence-corrected chi connectivity index (χ0v) is 10.9. The lowest BCUT2D eigenvalue weighted by Gasteiger charge is -2.25. The summed E-state index contributed by atoms with van der Waals surface area (Å²) in [6, 6.07) is 3.60. The molecule has 0 radical (unpaired) electrons. The van der Waals surface area contributed by atoms with Crippen molar-refractivity contribution >= 4 is 17.6 Å². The smallest absolute Gasteiger partial charge is 0.306 e. The molecule has 1 aromatic rings. The summed E-state index contributed by atoms with van der Waals surface area (Å²) in [7, 11) is 0. The maximum atomic E-state index is 12.1. The number of hydrogen-bond donors (Lipinski definition) is 2. The fourth-order valence-electron chi connectivity index (χ4n) is 2.45. The Bertz CT molecular complexity index is 479. The molecule has 1 saturated carbocycles. The van der Waals surface area contributed by atoms with E-state index in [0.717, 1.165) is 11.4 Å². The van der Waals surface area contributed by atoms with Gasteiger partial charge in [0.2, 0.25) is 5.91 Å². The average molecular weight is 262 g/mol. The van der Waals surface area contributed by atoms with Gasteiger partial charge in [0.05, 0.1) is 17.3 Å². The van der Waals surface area contributed by atoms with E-state index in [0.29, 0.717) is 25.7 Å². The van der Waals surface area contributed by atoms with Crippen LogP contribution >= 0.6 is 0 Å². The van der Waals surface area contributed by atoms with Crippen molar-refractivity contribution in [2.24, 2.45) is 11.8 Å². The van der Waals surface area contributed by atoms with E-state index in [1.54, 1.807) is 12.3 Å². The van der Waals surface area contributed by atoms with E-state index in [2.05, 4.69) is 10.3 Å². The molecule has 102 valence electrons. The molecule has 2 N–H and O–H groups in total. The highest BCUT2D eigenvalue weighted by Gasteiger charge is 2.29. The quantitative estimate of drug-likeness (QED) is 0.875. The van der Waals surface area contributed by atoms with E-state index in [1.807, 2.05) is 13.0 Å². The number of anilines is 1. The molecule has 5 nitrogen and oxygen atoms in total. The van der Waals surface area contributed by atoms with Gasteiger partial charge in [-0.3, -0.25) is 14.6 Å². The van der Waals surface area contributed by atoms with Crippen molar-refractivity contribution in [3.63, 3.8) is 0 Å². The lowest BCUT2D eigenvalue weighted by Crippen LogP contribution is -2.29. The van der Waals surface area contributed by atoms with Crippen LogP contribution in [0.2, 0.25) is 0 Å². The highest BCUT2D eigenvalue weighted by atomic mass is 16.4. The van der Waals surface area contributed by atoms with Crippen LogP contribution < -0.4 is 5.32 Å². The minimum Gasteiger partial charge on any atom is -0.481 e. The van der Waals surface area contributed by atoms with Crippen molar-refractivity contribution in [1.82, 2.24) is 4.98 Å². The first-order valence-corrected chi connectivity index (χ1v) is 6.53. The van der Waals surface area contributed by atoms with Gasteiger partial charge in [-0.25, -0.2) is 0 Å². The van der Waals surface area contributed by atoms with E-state index in [1.165, 1.54) is 0 Å². The van der Waals surface area contributed by atoms with Crippen LogP contribution in [0.4, 0.5) is 5.69 Å². The van der Waals surface area contributed by atoms with E-state index >= 15 is 0 Å². The predicted molar refractivity (Wildman–Crippen MR) is 70.7 cm³/mol. The van der Waals surface area contributed by atoms with Crippen molar-refractivity contribution in [2.45, 2.75) is 32.6 Å². The first-order chi connectivity index (χ1) is 9.08. The molecule has 1 aromatic heterocycles. The minimum absolute atomic E-state index is 0.0278. The van der Waals surface area contributed by atoms with E-state index in [-0.39, 0.29) is 17.7 Å². The number of carboxylic acid groups (broad SMARTS) is 1. The van der Waals surface area contributed by atoms with Gasteiger partial charge < -0.3 is 10.4 Å². The third kappa shape index (κ3) is 3.30. The average Bonchev–Trinajstić information content (AvgIpc) is 2.41. The van der Waals surface area contributed by atoms with Crippen LogP contribution in [-0.4, -0.2) is 22.0 Å². The number of rotatable bonds is 3. The molecular formula is C14H18N2O3. The summed E-state index contributed by atoms with van der Waals surface area (Å²) in [5.41, 5.74) is 1.52. The molecule has 5 heteroatoms. The number of aromatic nitrogens is 1. The summed E-state index contributed by atoms with van der Waals surface area (Å²) in [4.78, 5) is 27.1. The molecule has 1 aliphatic rings. The molecule has 1 aliphatic carbocycles. The van der Waals surface area contributed by atoms with Gasteiger partial charge in [-0.1, -0.05) is 0 Å². The third-order valence-corrected chi connectivity index (χ3v) is 3.71. The summed E-state index contributed by atoms with van der Waals surface area (Å²) in [5.74, 6) is -1.15. The number of carbonyl (C=O) groups excluding carboxylic acids is 1. The van der Waals surface area contributed by atoms with Gasteiger partial charge in [-0.15, -0.1) is 0 Å². The number of nitrogens with one attached hydrogen (secondary N) is 1. The van der Waals surface area contributed by atoms with Gasteiger partial charge >= 0.3 is 5.97 Å². The molecule has 1 fully saturated rings. The van der Waals surface area contributed by atoms with Crippen LogP contribution in [0, 0.1) is 18.8 Å². The second-order valence-corrected chi connectivity index (χ2v) is 5.01. The Morgan fingerprint density at radius 2 is 1.89 bits per heavy atom. The first kappa shape index (κ1) is 13.5. The summed E-state index contributed by atoms with van der Waals surface area (Å²) in [6.45, 7) is 1.84. The van der Waals surface area contributed by atoms with Gasteiger partial charge in [0, 0.05) is 12.1 Å². The maximum Gasteiger partial charge on any atom is 0.306 e. The monoisotopic (exact) mass is 262 g/mol. The lowest BCUT2D eigenvalue weighted by molar-refractivity contribution is -0.143. The van der Waals surface area contributed by atoms with Gasteiger partial charge in [0.15, 0.2) is 0 Å².